The SMILES string of the molecule is CCC(CBr)Cn1ccc([N+](=O)[O-])n1. The fourth-order valence-electron chi connectivity index (χ4n) is 1.10. The predicted octanol–water partition coefficient (Wildman–Crippen LogP) is 2.21. The molecule has 0 saturated heterocycles. The molecule has 6 heteroatoms. The lowest BCUT2D eigenvalue weighted by atomic mass is 10.1. The number of aromatic nitrogens is 2. The normalized spacial score (nSPS) is 12.7. The Morgan fingerprint density at radius 3 is 2.93 bits per heavy atom. The molecule has 14 heavy (non-hydrogen) atoms. The van der Waals surface area contributed by atoms with Gasteiger partial charge in [-0.25, -0.2) is 0 Å². The van der Waals surface area contributed by atoms with Crippen molar-refractivity contribution in [3.8, 4) is 0 Å². The maximum Gasteiger partial charge on any atom is 0.389 e. The zero-order valence-corrected chi connectivity index (χ0v) is 9.48. The van der Waals surface area contributed by atoms with Crippen molar-refractivity contribution in [2.24, 2.45) is 5.92 Å². The fourth-order valence-corrected chi connectivity index (χ4v) is 1.76. The Balaban J connectivity index is 2.63. The summed E-state index contributed by atoms with van der Waals surface area (Å²) in [5, 5.41) is 15.1. The minimum atomic E-state index is -0.481. The van der Waals surface area contributed by atoms with Crippen LogP contribution in [0.25, 0.3) is 0 Å². The van der Waals surface area contributed by atoms with Gasteiger partial charge >= 0.3 is 5.82 Å². The van der Waals surface area contributed by atoms with Crippen LogP contribution in [-0.4, -0.2) is 20.0 Å². The molecule has 0 saturated carbocycles. The minimum Gasteiger partial charge on any atom is -0.358 e. The third kappa shape index (κ3) is 2.80. The molecule has 5 nitrogen and oxygen atoms in total. The molecule has 0 aromatic carbocycles. The standard InChI is InChI=1S/C8H12BrN3O2/c1-2-7(5-9)6-11-4-3-8(10-11)12(13)14/h3-4,7H,2,5-6H2,1H3. The van der Waals surface area contributed by atoms with E-state index >= 15 is 0 Å². The van der Waals surface area contributed by atoms with Crippen LogP contribution in [0.1, 0.15) is 13.3 Å². The van der Waals surface area contributed by atoms with E-state index in [1.54, 1.807) is 10.9 Å². The van der Waals surface area contributed by atoms with Gasteiger partial charge < -0.3 is 10.1 Å². The van der Waals surface area contributed by atoms with E-state index in [4.69, 9.17) is 0 Å². The number of hydrogen-bond donors (Lipinski definition) is 0. The molecule has 0 spiro atoms. The first kappa shape index (κ1) is 11.2. The Labute approximate surface area is 90.4 Å². The van der Waals surface area contributed by atoms with E-state index in [2.05, 4.69) is 28.0 Å². The van der Waals surface area contributed by atoms with Crippen molar-refractivity contribution >= 4 is 21.7 Å². The van der Waals surface area contributed by atoms with Crippen molar-refractivity contribution in [1.82, 2.24) is 9.78 Å². The van der Waals surface area contributed by atoms with Gasteiger partial charge in [0, 0.05) is 5.33 Å². The zero-order chi connectivity index (χ0) is 10.6. The summed E-state index contributed by atoms with van der Waals surface area (Å²) in [7, 11) is 0. The second-order valence-corrected chi connectivity index (χ2v) is 3.73. The van der Waals surface area contributed by atoms with E-state index < -0.39 is 4.92 Å². The van der Waals surface area contributed by atoms with Crippen LogP contribution < -0.4 is 0 Å². The number of alkyl halides is 1. The Morgan fingerprint density at radius 2 is 2.50 bits per heavy atom. The summed E-state index contributed by atoms with van der Waals surface area (Å²) in [6.07, 6.45) is 2.67. The van der Waals surface area contributed by atoms with Crippen LogP contribution in [0, 0.1) is 16.0 Å². The molecule has 0 bridgehead atoms. The lowest BCUT2D eigenvalue weighted by Gasteiger charge is -2.07. The molecule has 0 aliphatic heterocycles. The second-order valence-electron chi connectivity index (χ2n) is 3.08. The van der Waals surface area contributed by atoms with Gasteiger partial charge in [0.15, 0.2) is 0 Å². The molecule has 1 aromatic rings. The van der Waals surface area contributed by atoms with Crippen molar-refractivity contribution in [2.45, 2.75) is 19.9 Å². The highest BCUT2D eigenvalue weighted by molar-refractivity contribution is 9.09. The van der Waals surface area contributed by atoms with Crippen molar-refractivity contribution < 1.29 is 4.92 Å². The quantitative estimate of drug-likeness (QED) is 0.464. The Kier molecular flexibility index (Phi) is 4.06. The molecule has 1 heterocycles. The molecule has 1 aromatic heterocycles. The summed E-state index contributed by atoms with van der Waals surface area (Å²) >= 11 is 3.39. The molecule has 0 fully saturated rings. The molecule has 78 valence electrons. The van der Waals surface area contributed by atoms with Crippen LogP contribution >= 0.6 is 15.9 Å². The monoisotopic (exact) mass is 261 g/mol. The summed E-state index contributed by atoms with van der Waals surface area (Å²) in [4.78, 5) is 9.88. The molecular formula is C8H12BrN3O2. The van der Waals surface area contributed by atoms with Crippen LogP contribution in [0.2, 0.25) is 0 Å². The van der Waals surface area contributed by atoms with Crippen molar-refractivity contribution in [3.05, 3.63) is 22.4 Å². The average molecular weight is 262 g/mol. The predicted molar refractivity (Wildman–Crippen MR) is 56.5 cm³/mol. The van der Waals surface area contributed by atoms with Gasteiger partial charge in [-0.2, -0.15) is 4.68 Å². The minimum absolute atomic E-state index is 0.0885. The summed E-state index contributed by atoms with van der Waals surface area (Å²) in [5.41, 5.74) is 0. The van der Waals surface area contributed by atoms with E-state index in [1.165, 1.54) is 6.07 Å². The van der Waals surface area contributed by atoms with Gasteiger partial charge in [0.2, 0.25) is 0 Å². The van der Waals surface area contributed by atoms with E-state index in [0.29, 0.717) is 5.92 Å². The smallest absolute Gasteiger partial charge is 0.358 e. The third-order valence-electron chi connectivity index (χ3n) is 2.05. The number of hydrogen-bond acceptors (Lipinski definition) is 3. The van der Waals surface area contributed by atoms with E-state index in [9.17, 15) is 10.1 Å². The molecule has 0 aliphatic rings. The number of rotatable bonds is 5. The first-order valence-electron chi connectivity index (χ1n) is 4.41. The molecule has 1 atom stereocenters. The number of halogens is 1. The zero-order valence-electron chi connectivity index (χ0n) is 7.89. The van der Waals surface area contributed by atoms with Gasteiger partial charge in [-0.05, 0) is 10.8 Å². The van der Waals surface area contributed by atoms with E-state index in [1.807, 2.05) is 0 Å². The molecule has 0 N–H and O–H groups in total. The van der Waals surface area contributed by atoms with Gasteiger partial charge in [-0.3, -0.25) is 0 Å². The summed E-state index contributed by atoms with van der Waals surface area (Å²) < 4.78 is 1.62. The van der Waals surface area contributed by atoms with Gasteiger partial charge in [0.05, 0.1) is 23.9 Å². The molecule has 1 unspecified atom stereocenters. The maximum atomic E-state index is 10.4. The molecule has 1 rings (SSSR count). The third-order valence-corrected chi connectivity index (χ3v) is 2.97. The van der Waals surface area contributed by atoms with Crippen molar-refractivity contribution in [3.63, 3.8) is 0 Å². The highest BCUT2D eigenvalue weighted by Gasteiger charge is 2.13. The number of nitrogens with zero attached hydrogens (tertiary/aromatic N) is 3. The first-order chi connectivity index (χ1) is 6.67. The Morgan fingerprint density at radius 1 is 1.79 bits per heavy atom. The summed E-state index contributed by atoms with van der Waals surface area (Å²) in [5.74, 6) is 0.379. The van der Waals surface area contributed by atoms with Crippen LogP contribution in [0.4, 0.5) is 5.82 Å². The van der Waals surface area contributed by atoms with Crippen LogP contribution in [-0.2, 0) is 6.54 Å². The topological polar surface area (TPSA) is 61.0 Å². The van der Waals surface area contributed by atoms with E-state index in [-0.39, 0.29) is 5.82 Å². The highest BCUT2D eigenvalue weighted by Crippen LogP contribution is 2.11. The Hall–Kier alpha value is -0.910. The first-order valence-corrected chi connectivity index (χ1v) is 5.53. The largest absolute Gasteiger partial charge is 0.389 e. The maximum absolute atomic E-state index is 10.4. The number of nitro groups is 1. The van der Waals surface area contributed by atoms with Crippen molar-refractivity contribution in [2.75, 3.05) is 5.33 Å². The van der Waals surface area contributed by atoms with Gasteiger partial charge in [-0.15, -0.1) is 0 Å². The summed E-state index contributed by atoms with van der Waals surface area (Å²) in [6.45, 7) is 2.80. The van der Waals surface area contributed by atoms with Crippen LogP contribution in [0.3, 0.4) is 0 Å². The highest BCUT2D eigenvalue weighted by atomic mass is 79.9. The van der Waals surface area contributed by atoms with E-state index in [0.717, 1.165) is 18.3 Å². The van der Waals surface area contributed by atoms with Crippen LogP contribution in [0.5, 0.6) is 0 Å². The van der Waals surface area contributed by atoms with Crippen molar-refractivity contribution in [1.29, 1.82) is 0 Å². The molecule has 0 radical (unpaired) electrons. The molecular weight excluding hydrogens is 250 g/mol. The fraction of sp³-hybridized carbons (Fsp3) is 0.625. The van der Waals surface area contributed by atoms with Gasteiger partial charge in [-0.1, -0.05) is 29.3 Å². The molecule has 0 aliphatic carbocycles. The summed E-state index contributed by atoms with van der Waals surface area (Å²) in [6, 6.07) is 1.42. The Bertz CT molecular complexity index is 309. The lowest BCUT2D eigenvalue weighted by Crippen LogP contribution is -2.11. The lowest BCUT2D eigenvalue weighted by molar-refractivity contribution is -0.389. The molecule has 0 amide bonds. The average Bonchev–Trinajstić information content (AvgIpc) is 2.62. The van der Waals surface area contributed by atoms with Gasteiger partial charge in [0.1, 0.15) is 0 Å². The van der Waals surface area contributed by atoms with Gasteiger partial charge in [0.25, 0.3) is 0 Å². The second kappa shape index (κ2) is 5.09. The van der Waals surface area contributed by atoms with Crippen LogP contribution in [0.15, 0.2) is 12.3 Å².